The number of halogens is 1. The van der Waals surface area contributed by atoms with Crippen molar-refractivity contribution in [1.29, 1.82) is 0 Å². The Morgan fingerprint density at radius 1 is 1.20 bits per heavy atom. The van der Waals surface area contributed by atoms with E-state index in [-0.39, 0.29) is 30.6 Å². The number of amides is 2. The Morgan fingerprint density at radius 3 is 2.51 bits per heavy atom. The molecule has 8 N–H and O–H groups in total. The highest BCUT2D eigenvalue weighted by atomic mass is 19.1. The molecule has 1 aromatic carbocycles. The van der Waals surface area contributed by atoms with E-state index in [4.69, 9.17) is 5.73 Å². The van der Waals surface area contributed by atoms with Crippen LogP contribution in [0.1, 0.15) is 48.5 Å². The maximum atomic E-state index is 15.4. The summed E-state index contributed by atoms with van der Waals surface area (Å²) in [5.41, 5.74) is 0.254. The molecule has 3 aliphatic carbocycles. The second-order valence-corrected chi connectivity index (χ2v) is 11.1. The summed E-state index contributed by atoms with van der Waals surface area (Å²) in [6.45, 7) is 3.61. The Balaban J connectivity index is 1.56. The number of carbonyl (C=O) groups is 4. The number of nitrogens with one attached hydrogen (secondary N) is 2. The van der Waals surface area contributed by atoms with Crippen LogP contribution in [0.3, 0.4) is 0 Å². The van der Waals surface area contributed by atoms with Gasteiger partial charge in [-0.1, -0.05) is 6.92 Å². The van der Waals surface area contributed by atoms with E-state index >= 15 is 4.39 Å². The number of fused-ring (bicyclic) bond motifs is 3. The fourth-order valence-corrected chi connectivity index (χ4v) is 6.66. The maximum absolute atomic E-state index is 15.4. The van der Waals surface area contributed by atoms with Gasteiger partial charge in [-0.3, -0.25) is 24.1 Å². The van der Waals surface area contributed by atoms with Crippen molar-refractivity contribution in [2.75, 3.05) is 31.5 Å². The Morgan fingerprint density at radius 2 is 1.88 bits per heavy atom. The fourth-order valence-electron chi connectivity index (χ4n) is 6.66. The van der Waals surface area contributed by atoms with E-state index < -0.39 is 86.7 Å². The number of nitrogens with zero attached hydrogens (tertiary/aromatic N) is 1. The molecule has 0 aromatic heterocycles. The lowest BCUT2D eigenvalue weighted by atomic mass is 9.58. The third-order valence-electron chi connectivity index (χ3n) is 8.60. The van der Waals surface area contributed by atoms with Gasteiger partial charge in [0, 0.05) is 23.1 Å². The Labute approximate surface area is 234 Å². The quantitative estimate of drug-likeness (QED) is 0.180. The molecule has 4 atom stereocenters. The normalized spacial score (nSPS) is 27.9. The number of allylic oxidation sites excluding steroid dienone is 1. The molecular weight excluding hydrogens is 539 g/mol. The summed E-state index contributed by atoms with van der Waals surface area (Å²) in [5.74, 6) is -9.64. The van der Waals surface area contributed by atoms with Gasteiger partial charge in [-0.2, -0.15) is 0 Å². The first kappa shape index (κ1) is 28.7. The molecule has 1 fully saturated rings. The van der Waals surface area contributed by atoms with Gasteiger partial charge in [0.15, 0.2) is 17.1 Å². The van der Waals surface area contributed by atoms with Gasteiger partial charge in [-0.15, -0.1) is 0 Å². The molecule has 13 heteroatoms. The van der Waals surface area contributed by atoms with E-state index in [0.29, 0.717) is 13.0 Å². The van der Waals surface area contributed by atoms with E-state index in [1.54, 1.807) is 0 Å². The second-order valence-electron chi connectivity index (χ2n) is 11.1. The zero-order valence-corrected chi connectivity index (χ0v) is 22.5. The molecule has 0 radical (unpaired) electrons. The summed E-state index contributed by atoms with van der Waals surface area (Å²) >= 11 is 0. The number of aliphatic hydroxyl groups excluding tert-OH is 2. The van der Waals surface area contributed by atoms with Gasteiger partial charge in [0.05, 0.1) is 23.8 Å². The van der Waals surface area contributed by atoms with Crippen LogP contribution < -0.4 is 16.4 Å². The first-order chi connectivity index (χ1) is 19.4. The predicted molar refractivity (Wildman–Crippen MR) is 143 cm³/mol. The van der Waals surface area contributed by atoms with Crippen molar-refractivity contribution >= 4 is 29.1 Å². The Hall–Kier alpha value is -3.81. The molecule has 1 saturated heterocycles. The first-order valence-corrected chi connectivity index (χ1v) is 13.7. The number of hydrogen-bond acceptors (Lipinski definition) is 10. The van der Waals surface area contributed by atoms with Crippen molar-refractivity contribution in [3.05, 3.63) is 45.7 Å². The van der Waals surface area contributed by atoms with E-state index in [2.05, 4.69) is 10.6 Å². The summed E-state index contributed by atoms with van der Waals surface area (Å²) in [6, 6.07) is -0.243. The number of benzene rings is 1. The highest BCUT2D eigenvalue weighted by molar-refractivity contribution is 6.25. The topological polar surface area (TPSA) is 203 Å². The SMILES string of the molecule is CCCN[C@@H]1C(O)=C(C(N)=O)C(=O)[C@@]2(O)C(O)=C3C(=O)c4c(O)c(NC(=O)CN5CCCC5)cc(F)c4C[C@H]3C[C@@H]12. The largest absolute Gasteiger partial charge is 0.510 e. The fraction of sp³-hybridized carbons (Fsp3) is 0.500. The number of hydrogen-bond donors (Lipinski definition) is 7. The maximum Gasteiger partial charge on any atom is 0.255 e. The molecule has 4 aliphatic rings. The average Bonchev–Trinajstić information content (AvgIpc) is 3.41. The van der Waals surface area contributed by atoms with Crippen molar-refractivity contribution in [3.8, 4) is 5.75 Å². The van der Waals surface area contributed by atoms with E-state index in [1.807, 2.05) is 11.8 Å². The van der Waals surface area contributed by atoms with Gasteiger partial charge in [-0.25, -0.2) is 4.39 Å². The molecule has 0 spiro atoms. The number of aromatic hydroxyl groups is 1. The van der Waals surface area contributed by atoms with E-state index in [9.17, 15) is 39.6 Å². The lowest BCUT2D eigenvalue weighted by Gasteiger charge is -2.48. The molecule has 1 heterocycles. The molecule has 0 bridgehead atoms. The molecule has 0 saturated carbocycles. The molecule has 41 heavy (non-hydrogen) atoms. The summed E-state index contributed by atoms with van der Waals surface area (Å²) in [4.78, 5) is 53.7. The zero-order chi connectivity index (χ0) is 29.8. The van der Waals surface area contributed by atoms with Gasteiger partial charge >= 0.3 is 0 Å². The number of phenols is 1. The zero-order valence-electron chi connectivity index (χ0n) is 22.5. The number of carbonyl (C=O) groups excluding carboxylic acids is 4. The van der Waals surface area contributed by atoms with Gasteiger partial charge in [0.25, 0.3) is 5.91 Å². The highest BCUT2D eigenvalue weighted by Gasteiger charge is 2.62. The third kappa shape index (κ3) is 4.48. The first-order valence-electron chi connectivity index (χ1n) is 13.7. The second kappa shape index (κ2) is 10.5. The molecule has 2 amide bonds. The number of Topliss-reactive ketones (excluding diaryl/α,β-unsaturated/α-hetero) is 2. The molecule has 1 aliphatic heterocycles. The van der Waals surface area contributed by atoms with Crippen molar-refractivity contribution < 1.29 is 44.0 Å². The van der Waals surface area contributed by atoms with Crippen molar-refractivity contribution in [3.63, 3.8) is 0 Å². The van der Waals surface area contributed by atoms with Crippen molar-refractivity contribution in [2.24, 2.45) is 17.6 Å². The minimum absolute atomic E-state index is 0.0203. The van der Waals surface area contributed by atoms with Gasteiger partial charge in [-0.05, 0) is 57.7 Å². The number of aliphatic hydroxyl groups is 3. The number of likely N-dealkylation sites (tertiary alicyclic amines) is 1. The van der Waals surface area contributed by atoms with Crippen molar-refractivity contribution in [2.45, 2.75) is 50.7 Å². The van der Waals surface area contributed by atoms with Crippen LogP contribution >= 0.6 is 0 Å². The standard InChI is InChI=1S/C28H33FN4O8/c1-2-5-31-21-14-9-12-8-13-15(29)10-16(32-17(34)11-33-6-3-4-7-33)22(35)19(13)23(36)18(12)25(38)28(14,41)26(39)20(24(21)37)27(30)40/h10,12,14,21,31,35,37-38,41H,2-9,11H2,1H3,(H2,30,40)(H,32,34)/t12-,14-,21-,28-/m0/s1. The Kier molecular flexibility index (Phi) is 7.38. The lowest BCUT2D eigenvalue weighted by Crippen LogP contribution is -2.64. The number of phenolic OH excluding ortho intramolecular Hbond substituents is 1. The van der Waals surface area contributed by atoms with E-state index in [0.717, 1.165) is 32.0 Å². The average molecular weight is 573 g/mol. The van der Waals surface area contributed by atoms with Crippen LogP contribution in [0.25, 0.3) is 0 Å². The van der Waals surface area contributed by atoms with Crippen molar-refractivity contribution in [1.82, 2.24) is 10.2 Å². The number of rotatable bonds is 7. The minimum atomic E-state index is -2.79. The summed E-state index contributed by atoms with van der Waals surface area (Å²) in [6.07, 6.45) is 2.14. The molecule has 1 aromatic rings. The van der Waals surface area contributed by atoms with Crippen LogP contribution in [0, 0.1) is 17.7 Å². The van der Waals surface area contributed by atoms with Crippen LogP contribution in [0.2, 0.25) is 0 Å². The monoisotopic (exact) mass is 572 g/mol. The molecule has 220 valence electrons. The lowest BCUT2D eigenvalue weighted by molar-refractivity contribution is -0.146. The Bertz CT molecular complexity index is 1420. The van der Waals surface area contributed by atoms with Crippen LogP contribution in [0.15, 0.2) is 28.7 Å². The van der Waals surface area contributed by atoms with Gasteiger partial charge in [0.1, 0.15) is 22.9 Å². The minimum Gasteiger partial charge on any atom is -0.510 e. The predicted octanol–water partition coefficient (Wildman–Crippen LogP) is 0.732. The molecule has 5 rings (SSSR count). The number of anilines is 1. The summed E-state index contributed by atoms with van der Waals surface area (Å²) < 4.78 is 15.4. The summed E-state index contributed by atoms with van der Waals surface area (Å²) in [7, 11) is 0. The van der Waals surface area contributed by atoms with Gasteiger partial charge < -0.3 is 36.8 Å². The van der Waals surface area contributed by atoms with Crippen LogP contribution in [0.4, 0.5) is 10.1 Å². The molecule has 0 unspecified atom stereocenters. The van der Waals surface area contributed by atoms with Crippen LogP contribution in [-0.2, 0) is 20.8 Å². The number of primary amides is 1. The number of nitrogens with two attached hydrogens (primary N) is 1. The van der Waals surface area contributed by atoms with Crippen LogP contribution in [-0.4, -0.2) is 86.5 Å². The van der Waals surface area contributed by atoms with Gasteiger partial charge in [0.2, 0.25) is 11.7 Å². The smallest absolute Gasteiger partial charge is 0.255 e. The third-order valence-corrected chi connectivity index (χ3v) is 8.60. The number of ketones is 2. The van der Waals surface area contributed by atoms with E-state index in [1.165, 1.54) is 0 Å². The molecule has 12 nitrogen and oxygen atoms in total. The highest BCUT2D eigenvalue weighted by Crippen LogP contribution is 2.52. The van der Waals surface area contributed by atoms with Crippen LogP contribution in [0.5, 0.6) is 5.75 Å². The molecular formula is C28H33FN4O8. The summed E-state index contributed by atoms with van der Waals surface area (Å²) in [5, 5.41) is 50.2.